The predicted octanol–water partition coefficient (Wildman–Crippen LogP) is 2.15. The SMILES string of the molecule is CCNC(=O)CN(C)c1ccc(CNC(C)(C)C)cc1. The van der Waals surface area contributed by atoms with E-state index in [4.69, 9.17) is 0 Å². The molecule has 1 aromatic rings. The summed E-state index contributed by atoms with van der Waals surface area (Å²) in [5, 5.41) is 6.26. The fraction of sp³-hybridized carbons (Fsp3) is 0.562. The second kappa shape index (κ2) is 7.29. The van der Waals surface area contributed by atoms with Crippen LogP contribution >= 0.6 is 0 Å². The lowest BCUT2D eigenvalue weighted by Gasteiger charge is -2.21. The van der Waals surface area contributed by atoms with E-state index in [1.165, 1.54) is 5.56 Å². The van der Waals surface area contributed by atoms with Crippen molar-refractivity contribution in [2.24, 2.45) is 0 Å². The second-order valence-electron chi connectivity index (χ2n) is 6.08. The van der Waals surface area contributed by atoms with Gasteiger partial charge in [0.25, 0.3) is 0 Å². The third-order valence-electron chi connectivity index (χ3n) is 2.95. The minimum Gasteiger partial charge on any atom is -0.365 e. The molecule has 2 N–H and O–H groups in total. The molecule has 0 saturated heterocycles. The van der Waals surface area contributed by atoms with Crippen LogP contribution < -0.4 is 15.5 Å². The highest BCUT2D eigenvalue weighted by Gasteiger charge is 2.09. The van der Waals surface area contributed by atoms with Crippen LogP contribution in [-0.2, 0) is 11.3 Å². The van der Waals surface area contributed by atoms with Gasteiger partial charge in [0.2, 0.25) is 5.91 Å². The standard InChI is InChI=1S/C16H27N3O/c1-6-17-15(20)12-19(5)14-9-7-13(8-10-14)11-18-16(2,3)4/h7-10,18H,6,11-12H2,1-5H3,(H,17,20). The first-order valence-electron chi connectivity index (χ1n) is 7.13. The Morgan fingerprint density at radius 2 is 1.80 bits per heavy atom. The van der Waals surface area contributed by atoms with Gasteiger partial charge >= 0.3 is 0 Å². The normalized spacial score (nSPS) is 11.2. The summed E-state index contributed by atoms with van der Waals surface area (Å²) in [5.74, 6) is 0.0495. The largest absolute Gasteiger partial charge is 0.365 e. The molecule has 0 aliphatic heterocycles. The molecule has 0 aromatic heterocycles. The van der Waals surface area contributed by atoms with Crippen LogP contribution in [0.2, 0.25) is 0 Å². The zero-order valence-electron chi connectivity index (χ0n) is 13.3. The van der Waals surface area contributed by atoms with Gasteiger partial charge in [0.05, 0.1) is 6.54 Å². The number of hydrogen-bond acceptors (Lipinski definition) is 3. The fourth-order valence-corrected chi connectivity index (χ4v) is 1.80. The van der Waals surface area contributed by atoms with E-state index < -0.39 is 0 Å². The summed E-state index contributed by atoms with van der Waals surface area (Å²) >= 11 is 0. The van der Waals surface area contributed by atoms with Crippen molar-refractivity contribution < 1.29 is 4.79 Å². The zero-order valence-corrected chi connectivity index (χ0v) is 13.3. The maximum absolute atomic E-state index is 11.5. The fourth-order valence-electron chi connectivity index (χ4n) is 1.80. The molecule has 0 unspecified atom stereocenters. The number of carbonyl (C=O) groups is 1. The van der Waals surface area contributed by atoms with E-state index in [1.54, 1.807) is 0 Å². The average molecular weight is 277 g/mol. The van der Waals surface area contributed by atoms with E-state index in [-0.39, 0.29) is 11.4 Å². The lowest BCUT2D eigenvalue weighted by molar-refractivity contribution is -0.119. The molecule has 0 aliphatic rings. The first-order valence-corrected chi connectivity index (χ1v) is 7.13. The quantitative estimate of drug-likeness (QED) is 0.837. The molecule has 0 saturated carbocycles. The van der Waals surface area contributed by atoms with Crippen molar-refractivity contribution in [1.82, 2.24) is 10.6 Å². The summed E-state index contributed by atoms with van der Waals surface area (Å²) < 4.78 is 0. The van der Waals surface area contributed by atoms with Gasteiger partial charge in [0.1, 0.15) is 0 Å². The van der Waals surface area contributed by atoms with E-state index in [0.29, 0.717) is 13.1 Å². The Kier molecular flexibility index (Phi) is 6.02. The topological polar surface area (TPSA) is 44.4 Å². The molecular weight excluding hydrogens is 250 g/mol. The van der Waals surface area contributed by atoms with Crippen molar-refractivity contribution >= 4 is 11.6 Å². The number of benzene rings is 1. The molecule has 1 amide bonds. The van der Waals surface area contributed by atoms with Crippen molar-refractivity contribution in [2.45, 2.75) is 39.8 Å². The van der Waals surface area contributed by atoms with Crippen LogP contribution in [0.4, 0.5) is 5.69 Å². The molecule has 0 spiro atoms. The summed E-state index contributed by atoms with van der Waals surface area (Å²) in [4.78, 5) is 13.5. The summed E-state index contributed by atoms with van der Waals surface area (Å²) in [6, 6.07) is 8.31. The number of carbonyl (C=O) groups excluding carboxylic acids is 1. The Morgan fingerprint density at radius 1 is 1.20 bits per heavy atom. The number of rotatable bonds is 6. The van der Waals surface area contributed by atoms with E-state index >= 15 is 0 Å². The monoisotopic (exact) mass is 277 g/mol. The van der Waals surface area contributed by atoms with Crippen molar-refractivity contribution in [2.75, 3.05) is 25.0 Å². The Morgan fingerprint density at radius 3 is 2.30 bits per heavy atom. The number of hydrogen-bond donors (Lipinski definition) is 2. The molecule has 112 valence electrons. The molecule has 0 radical (unpaired) electrons. The first-order chi connectivity index (χ1) is 9.31. The van der Waals surface area contributed by atoms with Gasteiger partial charge in [-0.25, -0.2) is 0 Å². The van der Waals surface area contributed by atoms with Crippen LogP contribution in [0.5, 0.6) is 0 Å². The van der Waals surface area contributed by atoms with Gasteiger partial charge in [-0.15, -0.1) is 0 Å². The maximum atomic E-state index is 11.5. The van der Waals surface area contributed by atoms with Crippen LogP contribution in [0.15, 0.2) is 24.3 Å². The van der Waals surface area contributed by atoms with E-state index in [9.17, 15) is 4.79 Å². The van der Waals surface area contributed by atoms with Gasteiger partial charge in [-0.1, -0.05) is 12.1 Å². The Labute approximate surface area is 122 Å². The van der Waals surface area contributed by atoms with Crippen molar-refractivity contribution in [1.29, 1.82) is 0 Å². The first kappa shape index (κ1) is 16.5. The lowest BCUT2D eigenvalue weighted by atomic mass is 10.1. The van der Waals surface area contributed by atoms with Gasteiger partial charge in [0, 0.05) is 31.4 Å². The molecule has 4 nitrogen and oxygen atoms in total. The molecule has 0 fully saturated rings. The molecule has 1 rings (SSSR count). The Balaban J connectivity index is 2.55. The van der Waals surface area contributed by atoms with E-state index in [2.05, 4.69) is 55.7 Å². The van der Waals surface area contributed by atoms with E-state index in [0.717, 1.165) is 12.2 Å². The van der Waals surface area contributed by atoms with Gasteiger partial charge in [0.15, 0.2) is 0 Å². The van der Waals surface area contributed by atoms with Gasteiger partial charge in [-0.3, -0.25) is 4.79 Å². The van der Waals surface area contributed by atoms with Gasteiger partial charge in [-0.2, -0.15) is 0 Å². The molecule has 4 heteroatoms. The van der Waals surface area contributed by atoms with Crippen LogP contribution in [0, 0.1) is 0 Å². The number of likely N-dealkylation sites (N-methyl/N-ethyl adjacent to an activating group) is 2. The van der Waals surface area contributed by atoms with Crippen molar-refractivity contribution in [3.05, 3.63) is 29.8 Å². The van der Waals surface area contributed by atoms with Crippen molar-refractivity contribution in [3.63, 3.8) is 0 Å². The van der Waals surface area contributed by atoms with E-state index in [1.807, 2.05) is 18.9 Å². The maximum Gasteiger partial charge on any atom is 0.239 e. The van der Waals surface area contributed by atoms with Gasteiger partial charge < -0.3 is 15.5 Å². The zero-order chi connectivity index (χ0) is 15.2. The third kappa shape index (κ3) is 6.06. The second-order valence-corrected chi connectivity index (χ2v) is 6.08. The molecule has 0 bridgehead atoms. The average Bonchev–Trinajstić information content (AvgIpc) is 2.36. The number of anilines is 1. The highest BCUT2D eigenvalue weighted by atomic mass is 16.1. The molecule has 1 aromatic carbocycles. The molecular formula is C16H27N3O. The Bertz CT molecular complexity index is 420. The number of amides is 1. The minimum absolute atomic E-state index is 0.0495. The summed E-state index contributed by atoms with van der Waals surface area (Å²) in [7, 11) is 1.93. The number of nitrogens with one attached hydrogen (secondary N) is 2. The molecule has 0 heterocycles. The number of nitrogens with zero attached hydrogens (tertiary/aromatic N) is 1. The highest BCUT2D eigenvalue weighted by molar-refractivity contribution is 5.81. The predicted molar refractivity (Wildman–Crippen MR) is 85.0 cm³/mol. The van der Waals surface area contributed by atoms with Crippen LogP contribution in [0.1, 0.15) is 33.3 Å². The summed E-state index contributed by atoms with van der Waals surface area (Å²) in [6.07, 6.45) is 0. The minimum atomic E-state index is 0.0495. The highest BCUT2D eigenvalue weighted by Crippen LogP contribution is 2.14. The van der Waals surface area contributed by atoms with Gasteiger partial charge in [-0.05, 0) is 45.4 Å². The van der Waals surface area contributed by atoms with Crippen LogP contribution in [0.25, 0.3) is 0 Å². The Hall–Kier alpha value is -1.55. The van der Waals surface area contributed by atoms with Crippen LogP contribution in [0.3, 0.4) is 0 Å². The van der Waals surface area contributed by atoms with Crippen molar-refractivity contribution in [3.8, 4) is 0 Å². The smallest absolute Gasteiger partial charge is 0.239 e. The summed E-state index contributed by atoms with van der Waals surface area (Å²) in [5.41, 5.74) is 2.42. The summed E-state index contributed by atoms with van der Waals surface area (Å²) in [6.45, 7) is 10.3. The third-order valence-corrected chi connectivity index (χ3v) is 2.95. The molecule has 20 heavy (non-hydrogen) atoms. The molecule has 0 aliphatic carbocycles. The van der Waals surface area contributed by atoms with Crippen LogP contribution in [-0.4, -0.2) is 31.6 Å². The molecule has 0 atom stereocenters. The lowest BCUT2D eigenvalue weighted by Crippen LogP contribution is -2.35.